The topological polar surface area (TPSA) is 79.4 Å². The van der Waals surface area contributed by atoms with Crippen LogP contribution in [0.15, 0.2) is 48.5 Å². The number of nitrogens with zero attached hydrogens (tertiary/aromatic N) is 2. The van der Waals surface area contributed by atoms with E-state index >= 15 is 0 Å². The van der Waals surface area contributed by atoms with Gasteiger partial charge < -0.3 is 0 Å². The van der Waals surface area contributed by atoms with E-state index in [1.54, 1.807) is 30.3 Å². The van der Waals surface area contributed by atoms with Gasteiger partial charge in [0.2, 0.25) is 0 Å². The molecule has 0 saturated carbocycles. The zero-order valence-electron chi connectivity index (χ0n) is 16.9. The zero-order valence-corrected chi connectivity index (χ0v) is 17.7. The zero-order chi connectivity index (χ0) is 22.0. The average Bonchev–Trinajstić information content (AvgIpc) is 3.22. The lowest BCUT2D eigenvalue weighted by molar-refractivity contribution is 0.0651. The van der Waals surface area contributed by atoms with Crippen molar-refractivity contribution in [2.24, 2.45) is 0 Å². The molecule has 1 N–H and O–H groups in total. The number of imide groups is 1. The molecular weight excluding hydrogens is 417 g/mol. The molecule has 0 atom stereocenters. The molecule has 2 heterocycles. The summed E-state index contributed by atoms with van der Waals surface area (Å²) >= 11 is 1.38. The van der Waals surface area contributed by atoms with Crippen molar-refractivity contribution in [3.63, 3.8) is 0 Å². The second-order valence-corrected chi connectivity index (χ2v) is 8.34. The molecule has 158 valence electrons. The Morgan fingerprint density at radius 3 is 2.45 bits per heavy atom. The fraction of sp³-hybridized carbons (Fsp3) is 0.217. The summed E-state index contributed by atoms with van der Waals surface area (Å²) in [4.78, 5) is 43.8. The third-order valence-corrected chi connectivity index (χ3v) is 6.25. The number of aromatic nitrogens is 1. The first kappa shape index (κ1) is 20.9. The van der Waals surface area contributed by atoms with E-state index in [0.29, 0.717) is 29.2 Å². The Hall–Kier alpha value is -3.39. The summed E-state index contributed by atoms with van der Waals surface area (Å²) in [5, 5.41) is 3.17. The number of rotatable bonds is 7. The van der Waals surface area contributed by atoms with E-state index in [0.717, 1.165) is 23.4 Å². The fourth-order valence-corrected chi connectivity index (χ4v) is 4.51. The van der Waals surface area contributed by atoms with E-state index in [9.17, 15) is 18.8 Å². The molecular formula is C23H20FN3O3S. The highest BCUT2D eigenvalue weighted by atomic mass is 32.1. The van der Waals surface area contributed by atoms with Crippen LogP contribution in [0.1, 0.15) is 54.5 Å². The third-order valence-electron chi connectivity index (χ3n) is 5.11. The van der Waals surface area contributed by atoms with E-state index in [-0.39, 0.29) is 17.4 Å². The minimum absolute atomic E-state index is 0.232. The van der Waals surface area contributed by atoms with Gasteiger partial charge in [0.1, 0.15) is 5.82 Å². The smallest absolute Gasteiger partial charge is 0.261 e. The van der Waals surface area contributed by atoms with E-state index in [1.807, 2.05) is 6.92 Å². The Labute approximate surface area is 182 Å². The molecule has 4 rings (SSSR count). The lowest BCUT2D eigenvalue weighted by atomic mass is 10.1. The molecule has 3 amide bonds. The maximum absolute atomic E-state index is 13.3. The summed E-state index contributed by atoms with van der Waals surface area (Å²) in [6, 6.07) is 12.3. The van der Waals surface area contributed by atoms with Gasteiger partial charge in [-0.2, -0.15) is 0 Å². The molecule has 1 aromatic heterocycles. The van der Waals surface area contributed by atoms with Crippen LogP contribution in [0.5, 0.6) is 0 Å². The molecule has 0 fully saturated rings. The number of unbranched alkanes of at least 4 members (excludes halogenated alkanes) is 1. The molecule has 0 bridgehead atoms. The van der Waals surface area contributed by atoms with Crippen molar-refractivity contribution in [3.05, 3.63) is 81.6 Å². The van der Waals surface area contributed by atoms with E-state index in [1.165, 1.54) is 34.4 Å². The molecule has 0 spiro atoms. The summed E-state index contributed by atoms with van der Waals surface area (Å²) in [5.74, 6) is -1.36. The predicted octanol–water partition coefficient (Wildman–Crippen LogP) is 4.46. The van der Waals surface area contributed by atoms with E-state index < -0.39 is 11.7 Å². The second kappa shape index (κ2) is 8.77. The Bertz CT molecular complexity index is 1140. The van der Waals surface area contributed by atoms with Gasteiger partial charge in [0.05, 0.1) is 16.8 Å². The molecule has 8 heteroatoms. The molecule has 0 saturated heterocycles. The van der Waals surface area contributed by atoms with Crippen molar-refractivity contribution in [1.29, 1.82) is 0 Å². The van der Waals surface area contributed by atoms with Crippen molar-refractivity contribution in [3.8, 4) is 0 Å². The van der Waals surface area contributed by atoms with E-state index in [2.05, 4.69) is 10.3 Å². The lowest BCUT2D eigenvalue weighted by Gasteiger charge is -2.13. The van der Waals surface area contributed by atoms with Crippen LogP contribution in [0.25, 0.3) is 0 Å². The Kier molecular flexibility index (Phi) is 5.90. The van der Waals surface area contributed by atoms with Gasteiger partial charge in [-0.15, -0.1) is 11.3 Å². The van der Waals surface area contributed by atoms with Crippen LogP contribution in [0.4, 0.5) is 9.52 Å². The summed E-state index contributed by atoms with van der Waals surface area (Å²) in [6.07, 6.45) is 2.17. The maximum atomic E-state index is 13.3. The third kappa shape index (κ3) is 4.39. The maximum Gasteiger partial charge on any atom is 0.261 e. The number of thiazole rings is 1. The van der Waals surface area contributed by atoms with Crippen molar-refractivity contribution in [1.82, 2.24) is 9.88 Å². The number of amides is 3. The molecule has 0 aliphatic carbocycles. The monoisotopic (exact) mass is 437 g/mol. The number of halogens is 1. The Morgan fingerprint density at radius 2 is 1.77 bits per heavy atom. The predicted molar refractivity (Wildman–Crippen MR) is 116 cm³/mol. The number of hydrogen-bond donors (Lipinski definition) is 1. The minimum atomic E-state index is -0.471. The van der Waals surface area contributed by atoms with Gasteiger partial charge >= 0.3 is 0 Å². The van der Waals surface area contributed by atoms with Crippen LogP contribution in [0.3, 0.4) is 0 Å². The first-order chi connectivity index (χ1) is 14.9. The van der Waals surface area contributed by atoms with Crippen molar-refractivity contribution < 1.29 is 18.8 Å². The molecule has 1 aliphatic heterocycles. The standard InChI is InChI=1S/C23H20FN3O3S/c1-14-19(31-23(25-14)26-20(28)15-7-6-8-16(24)13-15)11-4-5-12-27-21(29)17-9-2-3-10-18(17)22(27)30/h2-3,6-10,13H,4-5,11-12H2,1H3,(H,25,26,28). The number of carbonyl (C=O) groups is 3. The molecule has 3 aromatic rings. The normalized spacial score (nSPS) is 12.9. The number of fused-ring (bicyclic) bond motifs is 1. The average molecular weight is 437 g/mol. The molecule has 31 heavy (non-hydrogen) atoms. The van der Waals surface area contributed by atoms with Crippen molar-refractivity contribution in [2.45, 2.75) is 26.2 Å². The first-order valence-electron chi connectivity index (χ1n) is 9.92. The van der Waals surface area contributed by atoms with Gasteiger partial charge in [-0.1, -0.05) is 18.2 Å². The SMILES string of the molecule is Cc1nc(NC(=O)c2cccc(F)c2)sc1CCCCN1C(=O)c2ccccc2C1=O. The summed E-state index contributed by atoms with van der Waals surface area (Å²) < 4.78 is 13.3. The highest BCUT2D eigenvalue weighted by Crippen LogP contribution is 2.26. The van der Waals surface area contributed by atoms with Crippen LogP contribution < -0.4 is 5.32 Å². The molecule has 0 unspecified atom stereocenters. The number of nitrogens with one attached hydrogen (secondary N) is 1. The fourth-order valence-electron chi connectivity index (χ4n) is 3.51. The Morgan fingerprint density at radius 1 is 1.06 bits per heavy atom. The van der Waals surface area contributed by atoms with Crippen LogP contribution in [-0.4, -0.2) is 34.2 Å². The largest absolute Gasteiger partial charge is 0.298 e. The molecule has 0 radical (unpaired) electrons. The molecule has 1 aliphatic rings. The number of hydrogen-bond acceptors (Lipinski definition) is 5. The highest BCUT2D eigenvalue weighted by molar-refractivity contribution is 7.15. The summed E-state index contributed by atoms with van der Waals surface area (Å²) in [7, 11) is 0. The van der Waals surface area contributed by atoms with Gasteiger partial charge in [0.15, 0.2) is 5.13 Å². The molecule has 2 aromatic carbocycles. The number of benzene rings is 2. The lowest BCUT2D eigenvalue weighted by Crippen LogP contribution is -2.30. The van der Waals surface area contributed by atoms with Gasteiger partial charge in [-0.3, -0.25) is 24.6 Å². The van der Waals surface area contributed by atoms with Crippen LogP contribution in [0.2, 0.25) is 0 Å². The Balaban J connectivity index is 1.30. The quantitative estimate of drug-likeness (QED) is 0.437. The van der Waals surface area contributed by atoms with Crippen LogP contribution in [-0.2, 0) is 6.42 Å². The number of aryl methyl sites for hydroxylation is 2. The number of carbonyl (C=O) groups excluding carboxylic acids is 3. The van der Waals surface area contributed by atoms with Gasteiger partial charge in [-0.05, 0) is 56.5 Å². The number of anilines is 1. The second-order valence-electron chi connectivity index (χ2n) is 7.26. The van der Waals surface area contributed by atoms with Gasteiger partial charge in [0.25, 0.3) is 17.7 Å². The first-order valence-corrected chi connectivity index (χ1v) is 10.7. The van der Waals surface area contributed by atoms with Crippen molar-refractivity contribution in [2.75, 3.05) is 11.9 Å². The van der Waals surface area contributed by atoms with E-state index in [4.69, 9.17) is 0 Å². The van der Waals surface area contributed by atoms with Gasteiger partial charge in [-0.25, -0.2) is 9.37 Å². The minimum Gasteiger partial charge on any atom is -0.298 e. The van der Waals surface area contributed by atoms with Crippen LogP contribution >= 0.6 is 11.3 Å². The molecule has 6 nitrogen and oxygen atoms in total. The van der Waals surface area contributed by atoms with Crippen molar-refractivity contribution >= 4 is 34.2 Å². The van der Waals surface area contributed by atoms with Gasteiger partial charge in [0, 0.05) is 17.0 Å². The summed E-state index contributed by atoms with van der Waals surface area (Å²) in [5.41, 5.74) is 1.98. The van der Waals surface area contributed by atoms with Crippen LogP contribution in [0, 0.1) is 12.7 Å². The highest BCUT2D eigenvalue weighted by Gasteiger charge is 2.34. The summed E-state index contributed by atoms with van der Waals surface area (Å²) in [6.45, 7) is 2.24.